The summed E-state index contributed by atoms with van der Waals surface area (Å²) in [5.41, 5.74) is 8.08. The number of aromatic nitrogens is 1. The molecular weight excluding hydrogens is 266 g/mol. The molecule has 0 amide bonds. The van der Waals surface area contributed by atoms with E-state index in [0.717, 1.165) is 12.2 Å². The standard InChI is InChI=1S/C16H19N3O2/c1-21-16(20)15-11-14(7-9-18-15)19(10-8-17)12-13-5-3-2-4-6-13/h2-7,9,11H,8,10,12,17H2,1H3. The van der Waals surface area contributed by atoms with E-state index in [1.54, 1.807) is 12.3 Å². The number of nitrogens with two attached hydrogens (primary N) is 1. The Morgan fingerprint density at radius 1 is 1.29 bits per heavy atom. The van der Waals surface area contributed by atoms with Crippen molar-refractivity contribution in [3.63, 3.8) is 0 Å². The van der Waals surface area contributed by atoms with E-state index in [-0.39, 0.29) is 0 Å². The number of hydrogen-bond donors (Lipinski definition) is 1. The predicted molar refractivity (Wildman–Crippen MR) is 82.1 cm³/mol. The molecule has 0 fully saturated rings. The fraction of sp³-hybridized carbons (Fsp3) is 0.250. The molecule has 0 spiro atoms. The summed E-state index contributed by atoms with van der Waals surface area (Å²) in [7, 11) is 1.35. The molecule has 2 N–H and O–H groups in total. The zero-order chi connectivity index (χ0) is 15.1. The molecule has 0 bridgehead atoms. The maximum Gasteiger partial charge on any atom is 0.356 e. The van der Waals surface area contributed by atoms with Gasteiger partial charge in [-0.1, -0.05) is 30.3 Å². The summed E-state index contributed by atoms with van der Waals surface area (Å²) in [4.78, 5) is 17.7. The van der Waals surface area contributed by atoms with Gasteiger partial charge in [0.05, 0.1) is 7.11 Å². The molecule has 1 aromatic carbocycles. The van der Waals surface area contributed by atoms with Gasteiger partial charge >= 0.3 is 5.97 Å². The zero-order valence-corrected chi connectivity index (χ0v) is 12.0. The van der Waals surface area contributed by atoms with Crippen molar-refractivity contribution in [3.8, 4) is 0 Å². The minimum atomic E-state index is -0.441. The van der Waals surface area contributed by atoms with E-state index in [1.165, 1.54) is 12.7 Å². The summed E-state index contributed by atoms with van der Waals surface area (Å²) in [6, 6.07) is 13.7. The summed E-state index contributed by atoms with van der Waals surface area (Å²) in [5.74, 6) is -0.441. The van der Waals surface area contributed by atoms with Crippen LogP contribution in [0, 0.1) is 0 Å². The number of esters is 1. The highest BCUT2D eigenvalue weighted by Gasteiger charge is 2.12. The molecule has 1 heterocycles. The molecule has 0 unspecified atom stereocenters. The second-order valence-electron chi connectivity index (χ2n) is 4.59. The molecule has 2 aromatic rings. The van der Waals surface area contributed by atoms with Crippen molar-refractivity contribution in [3.05, 3.63) is 59.9 Å². The van der Waals surface area contributed by atoms with E-state index < -0.39 is 5.97 Å². The van der Waals surface area contributed by atoms with Gasteiger partial charge in [-0.2, -0.15) is 0 Å². The largest absolute Gasteiger partial charge is 0.464 e. The molecule has 0 saturated heterocycles. The van der Waals surface area contributed by atoms with Gasteiger partial charge in [-0.3, -0.25) is 0 Å². The zero-order valence-electron chi connectivity index (χ0n) is 12.0. The van der Waals surface area contributed by atoms with Crippen molar-refractivity contribution in [1.82, 2.24) is 4.98 Å². The van der Waals surface area contributed by atoms with Crippen LogP contribution in [0.3, 0.4) is 0 Å². The number of hydrogen-bond acceptors (Lipinski definition) is 5. The Balaban J connectivity index is 2.23. The Labute approximate surface area is 124 Å². The fourth-order valence-electron chi connectivity index (χ4n) is 2.09. The van der Waals surface area contributed by atoms with Gasteiger partial charge in [-0.15, -0.1) is 0 Å². The number of ether oxygens (including phenoxy) is 1. The highest BCUT2D eigenvalue weighted by Crippen LogP contribution is 2.17. The molecule has 0 aliphatic rings. The summed E-state index contributed by atoms with van der Waals surface area (Å²) < 4.78 is 4.70. The molecule has 5 heteroatoms. The van der Waals surface area contributed by atoms with Crippen LogP contribution in [-0.4, -0.2) is 31.2 Å². The van der Waals surface area contributed by atoms with Gasteiger partial charge in [0.15, 0.2) is 0 Å². The van der Waals surface area contributed by atoms with Gasteiger partial charge in [-0.05, 0) is 17.7 Å². The topological polar surface area (TPSA) is 68.5 Å². The van der Waals surface area contributed by atoms with Gasteiger partial charge in [0.1, 0.15) is 5.69 Å². The minimum absolute atomic E-state index is 0.296. The first kappa shape index (κ1) is 15.0. The average Bonchev–Trinajstić information content (AvgIpc) is 2.55. The number of rotatable bonds is 6. The molecule has 21 heavy (non-hydrogen) atoms. The van der Waals surface area contributed by atoms with Crippen LogP contribution in [-0.2, 0) is 11.3 Å². The number of carbonyl (C=O) groups excluding carboxylic acids is 1. The Morgan fingerprint density at radius 2 is 2.05 bits per heavy atom. The van der Waals surface area contributed by atoms with E-state index in [2.05, 4.69) is 22.0 Å². The molecule has 110 valence electrons. The van der Waals surface area contributed by atoms with E-state index in [0.29, 0.717) is 18.8 Å². The molecule has 0 aliphatic heterocycles. The maximum absolute atomic E-state index is 11.6. The first-order valence-electron chi connectivity index (χ1n) is 6.78. The van der Waals surface area contributed by atoms with Crippen LogP contribution in [0.25, 0.3) is 0 Å². The van der Waals surface area contributed by atoms with Gasteiger partial charge in [0.25, 0.3) is 0 Å². The third-order valence-corrected chi connectivity index (χ3v) is 3.12. The van der Waals surface area contributed by atoms with Crippen LogP contribution in [0.15, 0.2) is 48.7 Å². The molecule has 5 nitrogen and oxygen atoms in total. The summed E-state index contributed by atoms with van der Waals surface area (Å²) in [6.45, 7) is 1.95. The highest BCUT2D eigenvalue weighted by molar-refractivity contribution is 5.88. The number of benzene rings is 1. The van der Waals surface area contributed by atoms with Gasteiger partial charge in [0, 0.05) is 31.5 Å². The number of anilines is 1. The van der Waals surface area contributed by atoms with Crippen LogP contribution in [0.4, 0.5) is 5.69 Å². The normalized spacial score (nSPS) is 10.2. The van der Waals surface area contributed by atoms with E-state index in [4.69, 9.17) is 10.5 Å². The lowest BCUT2D eigenvalue weighted by Gasteiger charge is -2.24. The minimum Gasteiger partial charge on any atom is -0.464 e. The van der Waals surface area contributed by atoms with Gasteiger partial charge in [-0.25, -0.2) is 9.78 Å². The first-order valence-corrected chi connectivity index (χ1v) is 6.78. The predicted octanol–water partition coefficient (Wildman–Crippen LogP) is 1.83. The Hall–Kier alpha value is -2.40. The average molecular weight is 285 g/mol. The molecular formula is C16H19N3O2. The van der Waals surface area contributed by atoms with Crippen molar-refractivity contribution >= 4 is 11.7 Å². The number of carbonyl (C=O) groups is 1. The van der Waals surface area contributed by atoms with Crippen molar-refractivity contribution < 1.29 is 9.53 Å². The number of pyridine rings is 1. The van der Waals surface area contributed by atoms with Crippen molar-refractivity contribution in [2.75, 3.05) is 25.1 Å². The maximum atomic E-state index is 11.6. The molecule has 0 aliphatic carbocycles. The van der Waals surface area contributed by atoms with Crippen molar-refractivity contribution in [2.45, 2.75) is 6.54 Å². The Morgan fingerprint density at radius 3 is 2.71 bits per heavy atom. The van der Waals surface area contributed by atoms with E-state index >= 15 is 0 Å². The highest BCUT2D eigenvalue weighted by atomic mass is 16.5. The van der Waals surface area contributed by atoms with Crippen molar-refractivity contribution in [2.24, 2.45) is 5.73 Å². The third kappa shape index (κ3) is 4.03. The first-order chi connectivity index (χ1) is 10.2. The van der Waals surface area contributed by atoms with Crippen LogP contribution in [0.2, 0.25) is 0 Å². The quantitative estimate of drug-likeness (QED) is 0.820. The lowest BCUT2D eigenvalue weighted by atomic mass is 10.2. The van der Waals surface area contributed by atoms with E-state index in [1.807, 2.05) is 24.3 Å². The summed E-state index contributed by atoms with van der Waals surface area (Å²) >= 11 is 0. The van der Waals surface area contributed by atoms with Crippen LogP contribution in [0.1, 0.15) is 16.1 Å². The van der Waals surface area contributed by atoms with Gasteiger partial charge < -0.3 is 15.4 Å². The lowest BCUT2D eigenvalue weighted by molar-refractivity contribution is 0.0594. The van der Waals surface area contributed by atoms with E-state index in [9.17, 15) is 4.79 Å². The van der Waals surface area contributed by atoms with Crippen LogP contribution >= 0.6 is 0 Å². The molecule has 2 rings (SSSR count). The molecule has 0 atom stereocenters. The Bertz CT molecular complexity index is 587. The summed E-state index contributed by atoms with van der Waals surface area (Å²) in [5, 5.41) is 0. The number of methoxy groups -OCH3 is 1. The fourth-order valence-corrected chi connectivity index (χ4v) is 2.09. The van der Waals surface area contributed by atoms with Crippen LogP contribution in [0.5, 0.6) is 0 Å². The third-order valence-electron chi connectivity index (χ3n) is 3.12. The second kappa shape index (κ2) is 7.40. The smallest absolute Gasteiger partial charge is 0.356 e. The summed E-state index contributed by atoms with van der Waals surface area (Å²) in [6.07, 6.45) is 1.61. The molecule has 1 aromatic heterocycles. The molecule has 0 saturated carbocycles. The van der Waals surface area contributed by atoms with Crippen LogP contribution < -0.4 is 10.6 Å². The SMILES string of the molecule is COC(=O)c1cc(N(CCN)Cc2ccccc2)ccn1. The monoisotopic (exact) mass is 285 g/mol. The second-order valence-corrected chi connectivity index (χ2v) is 4.59. The number of nitrogens with zero attached hydrogens (tertiary/aromatic N) is 2. The lowest BCUT2D eigenvalue weighted by Crippen LogP contribution is -2.29. The molecule has 0 radical (unpaired) electrons. The van der Waals surface area contributed by atoms with Crippen molar-refractivity contribution in [1.29, 1.82) is 0 Å². The van der Waals surface area contributed by atoms with Gasteiger partial charge in [0.2, 0.25) is 0 Å². The Kier molecular flexibility index (Phi) is 5.29.